The van der Waals surface area contributed by atoms with Crippen LogP contribution >= 0.6 is 0 Å². The topological polar surface area (TPSA) is 26.0 Å². The maximum Gasteiger partial charge on any atom is 0.0508 e. The van der Waals surface area contributed by atoms with Crippen LogP contribution in [0.5, 0.6) is 0 Å². The Morgan fingerprint density at radius 3 is 2.57 bits per heavy atom. The van der Waals surface area contributed by atoms with Crippen molar-refractivity contribution in [1.82, 2.24) is 0 Å². The first kappa shape index (κ1) is 11.0. The minimum absolute atomic E-state index is 0.00255. The van der Waals surface area contributed by atoms with Crippen LogP contribution in [-0.4, -0.2) is 0 Å². The molecule has 0 aliphatic rings. The Bertz CT molecular complexity index is 277. The molecule has 0 spiro atoms. The molecule has 2 N–H and O–H groups in total. The SMILES string of the molecule is C=C(CCCC)[C@H](N)c1ccccc1. The summed E-state index contributed by atoms with van der Waals surface area (Å²) in [7, 11) is 0. The van der Waals surface area contributed by atoms with Gasteiger partial charge in [-0.05, 0) is 18.4 Å². The molecule has 1 aromatic carbocycles. The summed E-state index contributed by atoms with van der Waals surface area (Å²) in [5.74, 6) is 0. The maximum atomic E-state index is 6.08. The monoisotopic (exact) mass is 189 g/mol. The van der Waals surface area contributed by atoms with E-state index in [2.05, 4.69) is 25.6 Å². The van der Waals surface area contributed by atoms with Gasteiger partial charge >= 0.3 is 0 Å². The minimum Gasteiger partial charge on any atom is -0.321 e. The average Bonchev–Trinajstić information content (AvgIpc) is 2.26. The van der Waals surface area contributed by atoms with E-state index in [-0.39, 0.29) is 6.04 Å². The predicted molar refractivity (Wildman–Crippen MR) is 62.0 cm³/mol. The lowest BCUT2D eigenvalue weighted by Gasteiger charge is -2.14. The van der Waals surface area contributed by atoms with Gasteiger partial charge in [0.05, 0.1) is 6.04 Å². The van der Waals surface area contributed by atoms with Crippen molar-refractivity contribution < 1.29 is 0 Å². The molecule has 0 amide bonds. The molecule has 0 saturated carbocycles. The molecule has 0 bridgehead atoms. The predicted octanol–water partition coefficient (Wildman–Crippen LogP) is 3.43. The number of unbranched alkanes of at least 4 members (excludes halogenated alkanes) is 1. The van der Waals surface area contributed by atoms with Crippen molar-refractivity contribution in [2.24, 2.45) is 5.73 Å². The lowest BCUT2D eigenvalue weighted by molar-refractivity contribution is 0.717. The zero-order valence-electron chi connectivity index (χ0n) is 8.87. The van der Waals surface area contributed by atoms with E-state index in [1.807, 2.05) is 18.2 Å². The molecule has 1 heteroatoms. The lowest BCUT2D eigenvalue weighted by Crippen LogP contribution is -2.12. The Kier molecular flexibility index (Phi) is 4.41. The Hall–Kier alpha value is -1.08. The summed E-state index contributed by atoms with van der Waals surface area (Å²) in [5.41, 5.74) is 8.38. The molecule has 0 aliphatic heterocycles. The minimum atomic E-state index is 0.00255. The second kappa shape index (κ2) is 5.61. The highest BCUT2D eigenvalue weighted by Crippen LogP contribution is 2.21. The molecular weight excluding hydrogens is 170 g/mol. The summed E-state index contributed by atoms with van der Waals surface area (Å²) in [4.78, 5) is 0. The van der Waals surface area contributed by atoms with Gasteiger partial charge < -0.3 is 5.73 Å². The van der Waals surface area contributed by atoms with Crippen molar-refractivity contribution in [3.05, 3.63) is 48.0 Å². The van der Waals surface area contributed by atoms with Gasteiger partial charge in [0.25, 0.3) is 0 Å². The number of rotatable bonds is 5. The summed E-state index contributed by atoms with van der Waals surface area (Å²) < 4.78 is 0. The maximum absolute atomic E-state index is 6.08. The Labute approximate surface area is 86.6 Å². The van der Waals surface area contributed by atoms with Crippen LogP contribution in [0, 0.1) is 0 Å². The number of hydrogen-bond acceptors (Lipinski definition) is 1. The average molecular weight is 189 g/mol. The molecule has 0 fully saturated rings. The molecule has 76 valence electrons. The van der Waals surface area contributed by atoms with Crippen LogP contribution in [0.25, 0.3) is 0 Å². The molecule has 1 atom stereocenters. The van der Waals surface area contributed by atoms with Crippen LogP contribution in [0.15, 0.2) is 42.5 Å². The van der Waals surface area contributed by atoms with Crippen molar-refractivity contribution in [1.29, 1.82) is 0 Å². The van der Waals surface area contributed by atoms with Gasteiger partial charge in [0.2, 0.25) is 0 Å². The quantitative estimate of drug-likeness (QED) is 0.705. The third-order valence-electron chi connectivity index (χ3n) is 2.45. The highest BCUT2D eigenvalue weighted by molar-refractivity contribution is 5.25. The van der Waals surface area contributed by atoms with Gasteiger partial charge in [0.1, 0.15) is 0 Å². The fourth-order valence-corrected chi connectivity index (χ4v) is 1.46. The third kappa shape index (κ3) is 3.00. The molecule has 1 nitrogen and oxygen atoms in total. The number of hydrogen-bond donors (Lipinski definition) is 1. The van der Waals surface area contributed by atoms with Gasteiger partial charge in [-0.2, -0.15) is 0 Å². The standard InChI is InChI=1S/C13H19N/c1-3-4-8-11(2)13(14)12-9-6-5-7-10-12/h5-7,9-10,13H,2-4,8,14H2,1H3/t13-/m0/s1. The van der Waals surface area contributed by atoms with Gasteiger partial charge in [0, 0.05) is 0 Å². The smallest absolute Gasteiger partial charge is 0.0508 e. The first-order valence-electron chi connectivity index (χ1n) is 5.24. The van der Waals surface area contributed by atoms with Gasteiger partial charge in [-0.3, -0.25) is 0 Å². The molecule has 0 heterocycles. The Morgan fingerprint density at radius 1 is 1.36 bits per heavy atom. The van der Waals surface area contributed by atoms with Crippen molar-refractivity contribution in [3.63, 3.8) is 0 Å². The van der Waals surface area contributed by atoms with Crippen LogP contribution in [0.2, 0.25) is 0 Å². The van der Waals surface area contributed by atoms with Crippen LogP contribution in [-0.2, 0) is 0 Å². The fourth-order valence-electron chi connectivity index (χ4n) is 1.46. The highest BCUT2D eigenvalue weighted by Gasteiger charge is 2.08. The van der Waals surface area contributed by atoms with Crippen LogP contribution in [0.4, 0.5) is 0 Å². The molecule has 14 heavy (non-hydrogen) atoms. The zero-order valence-corrected chi connectivity index (χ0v) is 8.87. The summed E-state index contributed by atoms with van der Waals surface area (Å²) in [5, 5.41) is 0. The molecule has 1 aromatic rings. The van der Waals surface area contributed by atoms with E-state index in [9.17, 15) is 0 Å². The van der Waals surface area contributed by atoms with Crippen molar-refractivity contribution in [3.8, 4) is 0 Å². The molecule has 0 aromatic heterocycles. The summed E-state index contributed by atoms with van der Waals surface area (Å²) in [6.07, 6.45) is 3.41. The lowest BCUT2D eigenvalue weighted by atomic mass is 9.97. The van der Waals surface area contributed by atoms with Gasteiger partial charge in [-0.15, -0.1) is 0 Å². The highest BCUT2D eigenvalue weighted by atomic mass is 14.6. The first-order valence-corrected chi connectivity index (χ1v) is 5.24. The molecule has 0 saturated heterocycles. The van der Waals surface area contributed by atoms with Gasteiger partial charge in [0.15, 0.2) is 0 Å². The van der Waals surface area contributed by atoms with E-state index in [4.69, 9.17) is 5.73 Å². The Morgan fingerprint density at radius 2 is 2.00 bits per heavy atom. The fraction of sp³-hybridized carbons (Fsp3) is 0.385. The zero-order chi connectivity index (χ0) is 10.4. The Balaban J connectivity index is 2.57. The van der Waals surface area contributed by atoms with E-state index in [1.54, 1.807) is 0 Å². The molecule has 0 aliphatic carbocycles. The second-order valence-corrected chi connectivity index (χ2v) is 3.65. The summed E-state index contributed by atoms with van der Waals surface area (Å²) in [6, 6.07) is 10.2. The van der Waals surface area contributed by atoms with Crippen LogP contribution in [0.1, 0.15) is 37.8 Å². The van der Waals surface area contributed by atoms with Crippen LogP contribution < -0.4 is 5.73 Å². The van der Waals surface area contributed by atoms with E-state index in [0.29, 0.717) is 0 Å². The van der Waals surface area contributed by atoms with Gasteiger partial charge in [-0.25, -0.2) is 0 Å². The molecular formula is C13H19N. The van der Waals surface area contributed by atoms with E-state index in [0.717, 1.165) is 17.6 Å². The normalized spacial score (nSPS) is 12.4. The first-order chi connectivity index (χ1) is 6.75. The summed E-state index contributed by atoms with van der Waals surface area (Å²) >= 11 is 0. The molecule has 0 radical (unpaired) electrons. The number of benzene rings is 1. The van der Waals surface area contributed by atoms with Crippen LogP contribution in [0.3, 0.4) is 0 Å². The second-order valence-electron chi connectivity index (χ2n) is 3.65. The van der Waals surface area contributed by atoms with E-state index < -0.39 is 0 Å². The molecule has 0 unspecified atom stereocenters. The van der Waals surface area contributed by atoms with Crippen molar-refractivity contribution >= 4 is 0 Å². The van der Waals surface area contributed by atoms with Crippen molar-refractivity contribution in [2.45, 2.75) is 32.2 Å². The largest absolute Gasteiger partial charge is 0.321 e. The summed E-state index contributed by atoms with van der Waals surface area (Å²) in [6.45, 7) is 6.23. The van der Waals surface area contributed by atoms with Crippen molar-refractivity contribution in [2.75, 3.05) is 0 Å². The number of nitrogens with two attached hydrogens (primary N) is 1. The molecule has 1 rings (SSSR count). The van der Waals surface area contributed by atoms with E-state index in [1.165, 1.54) is 12.8 Å². The van der Waals surface area contributed by atoms with Gasteiger partial charge in [-0.1, -0.05) is 55.8 Å². The third-order valence-corrected chi connectivity index (χ3v) is 2.45. The van der Waals surface area contributed by atoms with E-state index >= 15 is 0 Å².